The first kappa shape index (κ1) is 22.8. The summed E-state index contributed by atoms with van der Waals surface area (Å²) in [6.45, 7) is 8.25. The van der Waals surface area contributed by atoms with Crippen molar-refractivity contribution in [3.63, 3.8) is 0 Å². The van der Waals surface area contributed by atoms with Crippen molar-refractivity contribution in [3.05, 3.63) is 22.7 Å². The van der Waals surface area contributed by atoms with Crippen LogP contribution in [0.25, 0.3) is 0 Å². The maximum atomic E-state index is 12.2. The summed E-state index contributed by atoms with van der Waals surface area (Å²) in [4.78, 5) is 14.3. The van der Waals surface area contributed by atoms with E-state index in [2.05, 4.69) is 25.6 Å². The molecule has 5 nitrogen and oxygen atoms in total. The zero-order chi connectivity index (χ0) is 20.9. The summed E-state index contributed by atoms with van der Waals surface area (Å²) in [5, 5.41) is 0. The van der Waals surface area contributed by atoms with E-state index in [0.717, 1.165) is 25.9 Å². The number of nitrogens with zero attached hydrogens (tertiary/aromatic N) is 1. The van der Waals surface area contributed by atoms with Gasteiger partial charge in [-0.1, -0.05) is 0 Å². The first-order valence-corrected chi connectivity index (χ1v) is 9.85. The predicted molar refractivity (Wildman–Crippen MR) is 101 cm³/mol. The molecule has 1 heterocycles. The van der Waals surface area contributed by atoms with Crippen LogP contribution in [0.4, 0.5) is 13.2 Å². The predicted octanol–water partition coefficient (Wildman–Crippen LogP) is 4.78. The molecule has 1 unspecified atom stereocenters. The van der Waals surface area contributed by atoms with E-state index in [4.69, 9.17) is 9.47 Å². The molecule has 1 aliphatic rings. The topological polar surface area (TPSA) is 48.0 Å². The summed E-state index contributed by atoms with van der Waals surface area (Å²) in [6.07, 6.45) is -3.22. The highest BCUT2D eigenvalue weighted by Crippen LogP contribution is 2.32. The minimum atomic E-state index is -4.73. The van der Waals surface area contributed by atoms with Gasteiger partial charge in [0.15, 0.2) is 0 Å². The fraction of sp³-hybridized carbons (Fsp3) is 0.632. The Morgan fingerprint density at radius 2 is 2.00 bits per heavy atom. The lowest BCUT2D eigenvalue weighted by atomic mass is 10.1. The maximum Gasteiger partial charge on any atom is 0.573 e. The molecule has 1 aliphatic heterocycles. The van der Waals surface area contributed by atoms with Crippen LogP contribution in [0.3, 0.4) is 0 Å². The van der Waals surface area contributed by atoms with Crippen molar-refractivity contribution in [2.45, 2.75) is 45.6 Å². The van der Waals surface area contributed by atoms with Gasteiger partial charge in [0.05, 0.1) is 17.0 Å². The van der Waals surface area contributed by atoms with Crippen LogP contribution in [0, 0.1) is 5.92 Å². The summed E-state index contributed by atoms with van der Waals surface area (Å²) < 4.78 is 52.0. The SMILES string of the molecule is CC(C)(C)OC(=O)C1CCN(CCCOc2ccc(OC(F)(F)F)cc2Br)C1. The van der Waals surface area contributed by atoms with E-state index in [9.17, 15) is 18.0 Å². The third-order valence-corrected chi connectivity index (χ3v) is 4.65. The van der Waals surface area contributed by atoms with Gasteiger partial charge in [-0.15, -0.1) is 13.2 Å². The average molecular weight is 468 g/mol. The summed E-state index contributed by atoms with van der Waals surface area (Å²) in [6, 6.07) is 3.85. The van der Waals surface area contributed by atoms with Crippen LogP contribution in [0.1, 0.15) is 33.6 Å². The van der Waals surface area contributed by atoms with E-state index in [1.807, 2.05) is 20.8 Å². The molecular weight excluding hydrogens is 443 g/mol. The van der Waals surface area contributed by atoms with Crippen molar-refractivity contribution in [3.8, 4) is 11.5 Å². The Morgan fingerprint density at radius 3 is 2.61 bits per heavy atom. The van der Waals surface area contributed by atoms with Crippen LogP contribution in [0.5, 0.6) is 11.5 Å². The molecule has 0 aromatic heterocycles. The Labute approximate surface area is 171 Å². The van der Waals surface area contributed by atoms with Gasteiger partial charge < -0.3 is 19.1 Å². The zero-order valence-electron chi connectivity index (χ0n) is 16.1. The maximum absolute atomic E-state index is 12.2. The second-order valence-corrected chi connectivity index (χ2v) is 8.52. The largest absolute Gasteiger partial charge is 0.573 e. The van der Waals surface area contributed by atoms with Gasteiger partial charge in [0, 0.05) is 13.1 Å². The van der Waals surface area contributed by atoms with Crippen LogP contribution in [0.15, 0.2) is 22.7 Å². The molecule has 1 aromatic rings. The van der Waals surface area contributed by atoms with Gasteiger partial charge in [-0.3, -0.25) is 4.79 Å². The second-order valence-electron chi connectivity index (χ2n) is 7.66. The molecule has 0 radical (unpaired) electrons. The quantitative estimate of drug-likeness (QED) is 0.426. The first-order chi connectivity index (χ1) is 12.9. The van der Waals surface area contributed by atoms with Crippen LogP contribution >= 0.6 is 15.9 Å². The number of rotatable bonds is 7. The molecule has 0 N–H and O–H groups in total. The van der Waals surface area contributed by atoms with Gasteiger partial charge in [-0.05, 0) is 74.3 Å². The number of hydrogen-bond acceptors (Lipinski definition) is 5. The molecule has 1 atom stereocenters. The lowest BCUT2D eigenvalue weighted by molar-refractivity contribution is -0.274. The third-order valence-electron chi connectivity index (χ3n) is 4.03. The number of hydrogen-bond donors (Lipinski definition) is 0. The molecular formula is C19H25BrF3NO4. The van der Waals surface area contributed by atoms with Crippen molar-refractivity contribution in [1.82, 2.24) is 4.90 Å². The number of benzene rings is 1. The number of carbonyl (C=O) groups is 1. The Balaban J connectivity index is 1.71. The Morgan fingerprint density at radius 1 is 1.29 bits per heavy atom. The third kappa shape index (κ3) is 7.87. The fourth-order valence-electron chi connectivity index (χ4n) is 2.88. The van der Waals surface area contributed by atoms with Gasteiger partial charge in [0.2, 0.25) is 0 Å². The molecule has 1 saturated heterocycles. The van der Waals surface area contributed by atoms with E-state index in [0.29, 0.717) is 23.4 Å². The Hall–Kier alpha value is -1.48. The Bertz CT molecular complexity index is 676. The van der Waals surface area contributed by atoms with Crippen LogP contribution < -0.4 is 9.47 Å². The number of likely N-dealkylation sites (tertiary alicyclic amines) is 1. The normalized spacial score (nSPS) is 18.2. The first-order valence-electron chi connectivity index (χ1n) is 9.06. The van der Waals surface area contributed by atoms with E-state index >= 15 is 0 Å². The molecule has 1 aromatic carbocycles. The summed E-state index contributed by atoms with van der Waals surface area (Å²) in [5.74, 6) is -0.119. The molecule has 28 heavy (non-hydrogen) atoms. The highest BCUT2D eigenvalue weighted by molar-refractivity contribution is 9.10. The number of halogens is 4. The molecule has 2 rings (SSSR count). The van der Waals surface area contributed by atoms with E-state index < -0.39 is 12.0 Å². The van der Waals surface area contributed by atoms with Crippen molar-refractivity contribution >= 4 is 21.9 Å². The fourth-order valence-corrected chi connectivity index (χ4v) is 3.35. The Kier molecular flexibility index (Phi) is 7.61. The minimum absolute atomic E-state index is 0.101. The van der Waals surface area contributed by atoms with Crippen molar-refractivity contribution in [2.24, 2.45) is 5.92 Å². The summed E-state index contributed by atoms with van der Waals surface area (Å²) in [5.41, 5.74) is -0.480. The van der Waals surface area contributed by atoms with Gasteiger partial charge in [0.1, 0.15) is 17.1 Å². The molecule has 0 spiro atoms. The van der Waals surface area contributed by atoms with E-state index in [-0.39, 0.29) is 17.6 Å². The molecule has 0 bridgehead atoms. The number of ether oxygens (including phenoxy) is 3. The molecule has 0 saturated carbocycles. The standard InChI is InChI=1S/C19H25BrF3NO4/c1-18(2,3)28-17(25)13-7-9-24(12-13)8-4-10-26-16-6-5-14(11-15(16)20)27-19(21,22)23/h5-6,11,13H,4,7-10,12H2,1-3H3. The monoisotopic (exact) mass is 467 g/mol. The highest BCUT2D eigenvalue weighted by Gasteiger charge is 2.32. The van der Waals surface area contributed by atoms with Crippen LogP contribution in [-0.4, -0.2) is 49.1 Å². The molecule has 158 valence electrons. The van der Waals surface area contributed by atoms with Gasteiger partial charge in [-0.25, -0.2) is 0 Å². The van der Waals surface area contributed by atoms with Crippen molar-refractivity contribution < 1.29 is 32.2 Å². The molecule has 9 heteroatoms. The summed E-state index contributed by atoms with van der Waals surface area (Å²) >= 11 is 3.19. The number of alkyl halides is 3. The van der Waals surface area contributed by atoms with Gasteiger partial charge in [0.25, 0.3) is 0 Å². The summed E-state index contributed by atoms with van der Waals surface area (Å²) in [7, 11) is 0. The van der Waals surface area contributed by atoms with Crippen molar-refractivity contribution in [2.75, 3.05) is 26.2 Å². The number of carbonyl (C=O) groups excluding carboxylic acids is 1. The zero-order valence-corrected chi connectivity index (χ0v) is 17.7. The van der Waals surface area contributed by atoms with Gasteiger partial charge in [-0.2, -0.15) is 0 Å². The van der Waals surface area contributed by atoms with Crippen LogP contribution in [0.2, 0.25) is 0 Å². The molecule has 0 aliphatic carbocycles. The van der Waals surface area contributed by atoms with Gasteiger partial charge >= 0.3 is 12.3 Å². The van der Waals surface area contributed by atoms with Crippen molar-refractivity contribution in [1.29, 1.82) is 0 Å². The minimum Gasteiger partial charge on any atom is -0.492 e. The molecule has 0 amide bonds. The van der Waals surface area contributed by atoms with Crippen LogP contribution in [-0.2, 0) is 9.53 Å². The number of esters is 1. The second kappa shape index (κ2) is 9.35. The lowest BCUT2D eigenvalue weighted by Gasteiger charge is -2.22. The molecule has 1 fully saturated rings. The smallest absolute Gasteiger partial charge is 0.492 e. The van der Waals surface area contributed by atoms with E-state index in [1.54, 1.807) is 0 Å². The lowest BCUT2D eigenvalue weighted by Crippen LogP contribution is -2.31. The van der Waals surface area contributed by atoms with E-state index in [1.165, 1.54) is 18.2 Å². The highest BCUT2D eigenvalue weighted by atomic mass is 79.9. The average Bonchev–Trinajstić information content (AvgIpc) is 2.99.